The van der Waals surface area contributed by atoms with Crippen LogP contribution in [0.3, 0.4) is 0 Å². The molecule has 0 saturated heterocycles. The van der Waals surface area contributed by atoms with E-state index in [1.165, 1.54) is 0 Å². The predicted molar refractivity (Wildman–Crippen MR) is 82.0 cm³/mol. The summed E-state index contributed by atoms with van der Waals surface area (Å²) in [5, 5.41) is 3.32. The van der Waals surface area contributed by atoms with Crippen LogP contribution in [-0.2, 0) is 11.3 Å². The quantitative estimate of drug-likeness (QED) is 0.633. The monoisotopic (exact) mass is 280 g/mol. The molecular weight excluding hydrogens is 252 g/mol. The highest BCUT2D eigenvalue weighted by Crippen LogP contribution is 2.09. The molecule has 1 N–H and O–H groups in total. The fourth-order valence-electron chi connectivity index (χ4n) is 1.63. The number of nitrogens with zero attached hydrogens (tertiary/aromatic N) is 1. The Hall–Kier alpha value is -1.13. The van der Waals surface area contributed by atoms with Crippen LogP contribution in [0, 0.1) is 5.92 Å². The van der Waals surface area contributed by atoms with Crippen molar-refractivity contribution < 1.29 is 9.47 Å². The van der Waals surface area contributed by atoms with Gasteiger partial charge in [-0.2, -0.15) is 0 Å². The van der Waals surface area contributed by atoms with Crippen molar-refractivity contribution in [1.29, 1.82) is 0 Å². The number of aromatic nitrogens is 1. The van der Waals surface area contributed by atoms with Crippen molar-refractivity contribution in [3.05, 3.63) is 24.0 Å². The van der Waals surface area contributed by atoms with Crippen LogP contribution in [0.25, 0.3) is 0 Å². The van der Waals surface area contributed by atoms with Crippen LogP contribution in [-0.4, -0.2) is 31.3 Å². The summed E-state index contributed by atoms with van der Waals surface area (Å²) in [6, 6.07) is 3.96. The zero-order valence-electron chi connectivity index (χ0n) is 13.0. The Morgan fingerprint density at radius 1 is 1.20 bits per heavy atom. The van der Waals surface area contributed by atoms with Crippen LogP contribution in [0.5, 0.6) is 5.75 Å². The predicted octanol–water partition coefficient (Wildman–Crippen LogP) is 3.02. The number of rotatable bonds is 11. The van der Waals surface area contributed by atoms with E-state index in [0.29, 0.717) is 19.1 Å². The zero-order valence-corrected chi connectivity index (χ0v) is 13.0. The second kappa shape index (κ2) is 10.6. The molecule has 0 bridgehead atoms. The molecule has 1 heterocycles. The molecule has 0 amide bonds. The Morgan fingerprint density at radius 2 is 2.05 bits per heavy atom. The van der Waals surface area contributed by atoms with Crippen molar-refractivity contribution in [3.63, 3.8) is 0 Å². The van der Waals surface area contributed by atoms with Crippen LogP contribution in [0.1, 0.15) is 39.3 Å². The number of hydrogen-bond donors (Lipinski definition) is 1. The molecule has 0 fully saturated rings. The van der Waals surface area contributed by atoms with Crippen molar-refractivity contribution in [3.8, 4) is 5.75 Å². The van der Waals surface area contributed by atoms with Crippen molar-refractivity contribution >= 4 is 0 Å². The number of nitrogens with one attached hydrogen (secondary N) is 1. The molecule has 0 aliphatic heterocycles. The molecule has 1 aromatic rings. The van der Waals surface area contributed by atoms with Gasteiger partial charge in [0.2, 0.25) is 0 Å². The topological polar surface area (TPSA) is 43.4 Å². The van der Waals surface area contributed by atoms with Gasteiger partial charge in [-0.15, -0.1) is 0 Å². The lowest BCUT2D eigenvalue weighted by atomic mass is 10.1. The van der Waals surface area contributed by atoms with Crippen LogP contribution in [0.15, 0.2) is 18.3 Å². The van der Waals surface area contributed by atoms with Crippen molar-refractivity contribution in [2.24, 2.45) is 5.92 Å². The van der Waals surface area contributed by atoms with Gasteiger partial charge in [0, 0.05) is 13.2 Å². The van der Waals surface area contributed by atoms with Crippen LogP contribution in [0.4, 0.5) is 0 Å². The molecule has 4 nitrogen and oxygen atoms in total. The Balaban J connectivity index is 2.11. The summed E-state index contributed by atoms with van der Waals surface area (Å²) >= 11 is 0. The first kappa shape index (κ1) is 16.9. The minimum absolute atomic E-state index is 0.577. The van der Waals surface area contributed by atoms with E-state index in [4.69, 9.17) is 9.47 Å². The van der Waals surface area contributed by atoms with Crippen LogP contribution >= 0.6 is 0 Å². The lowest BCUT2D eigenvalue weighted by molar-refractivity contribution is 0.0924. The van der Waals surface area contributed by atoms with E-state index in [1.807, 2.05) is 12.1 Å². The molecule has 4 heteroatoms. The fourth-order valence-corrected chi connectivity index (χ4v) is 1.63. The average Bonchev–Trinajstić information content (AvgIpc) is 2.44. The third-order valence-electron chi connectivity index (χ3n) is 2.87. The van der Waals surface area contributed by atoms with Gasteiger partial charge in [-0.1, -0.05) is 20.8 Å². The van der Waals surface area contributed by atoms with Crippen LogP contribution < -0.4 is 10.1 Å². The summed E-state index contributed by atoms with van der Waals surface area (Å²) in [6.07, 6.45) is 4.01. The lowest BCUT2D eigenvalue weighted by Crippen LogP contribution is -2.14. The van der Waals surface area contributed by atoms with Gasteiger partial charge >= 0.3 is 0 Å². The van der Waals surface area contributed by atoms with E-state index in [0.717, 1.165) is 44.0 Å². The maximum absolute atomic E-state index is 5.59. The molecule has 0 aliphatic rings. The maximum Gasteiger partial charge on any atom is 0.137 e. The Labute approximate surface area is 122 Å². The second-order valence-corrected chi connectivity index (χ2v) is 5.31. The van der Waals surface area contributed by atoms with E-state index in [1.54, 1.807) is 6.20 Å². The average molecular weight is 280 g/mol. The first-order valence-corrected chi connectivity index (χ1v) is 7.58. The largest absolute Gasteiger partial charge is 0.490 e. The Kier molecular flexibility index (Phi) is 9.00. The smallest absolute Gasteiger partial charge is 0.137 e. The van der Waals surface area contributed by atoms with Crippen LogP contribution in [0.2, 0.25) is 0 Å². The molecule has 0 atom stereocenters. The SMILES string of the molecule is CCCNCc1ccc(OCCOCCC(C)C)cn1. The summed E-state index contributed by atoms with van der Waals surface area (Å²) < 4.78 is 11.1. The maximum atomic E-state index is 5.59. The fraction of sp³-hybridized carbons (Fsp3) is 0.688. The van der Waals surface area contributed by atoms with Gasteiger partial charge in [0.1, 0.15) is 12.4 Å². The molecule has 0 spiro atoms. The third-order valence-corrected chi connectivity index (χ3v) is 2.87. The van der Waals surface area contributed by atoms with Gasteiger partial charge in [-0.05, 0) is 37.4 Å². The first-order valence-electron chi connectivity index (χ1n) is 7.58. The van der Waals surface area contributed by atoms with Gasteiger partial charge in [0.25, 0.3) is 0 Å². The minimum atomic E-state index is 0.577. The molecule has 1 rings (SSSR count). The highest BCUT2D eigenvalue weighted by atomic mass is 16.5. The van der Waals surface area contributed by atoms with E-state index in [2.05, 4.69) is 31.1 Å². The summed E-state index contributed by atoms with van der Waals surface area (Å²) in [7, 11) is 0. The third kappa shape index (κ3) is 8.12. The second-order valence-electron chi connectivity index (χ2n) is 5.31. The standard InChI is InChI=1S/C16H28N2O2/c1-4-8-17-12-15-5-6-16(13-18-15)20-11-10-19-9-7-14(2)3/h5-6,13-14,17H,4,7-12H2,1-3H3. The van der Waals surface area contributed by atoms with Crippen molar-refractivity contribution in [2.45, 2.75) is 40.2 Å². The Bertz CT molecular complexity index is 339. The number of pyridine rings is 1. The first-order chi connectivity index (χ1) is 9.72. The Morgan fingerprint density at radius 3 is 2.70 bits per heavy atom. The zero-order chi connectivity index (χ0) is 14.6. The molecule has 1 aromatic heterocycles. The lowest BCUT2D eigenvalue weighted by Gasteiger charge is -2.09. The van der Waals surface area contributed by atoms with Gasteiger partial charge in [0.05, 0.1) is 18.5 Å². The summed E-state index contributed by atoms with van der Waals surface area (Å²) in [5.74, 6) is 1.49. The summed E-state index contributed by atoms with van der Waals surface area (Å²) in [5.41, 5.74) is 1.04. The summed E-state index contributed by atoms with van der Waals surface area (Å²) in [4.78, 5) is 4.36. The molecule has 0 unspecified atom stereocenters. The molecular formula is C16H28N2O2. The van der Waals surface area contributed by atoms with E-state index in [-0.39, 0.29) is 0 Å². The highest BCUT2D eigenvalue weighted by molar-refractivity contribution is 5.19. The molecule has 114 valence electrons. The minimum Gasteiger partial charge on any atom is -0.490 e. The number of ether oxygens (including phenoxy) is 2. The van der Waals surface area contributed by atoms with Gasteiger partial charge in [-0.25, -0.2) is 0 Å². The molecule has 0 aromatic carbocycles. The van der Waals surface area contributed by atoms with Crippen molar-refractivity contribution in [1.82, 2.24) is 10.3 Å². The van der Waals surface area contributed by atoms with Crippen molar-refractivity contribution in [2.75, 3.05) is 26.4 Å². The number of hydrogen-bond acceptors (Lipinski definition) is 4. The molecule has 0 radical (unpaired) electrons. The summed E-state index contributed by atoms with van der Waals surface area (Å²) in [6.45, 7) is 10.4. The molecule has 0 saturated carbocycles. The van der Waals surface area contributed by atoms with Gasteiger partial charge in [0.15, 0.2) is 0 Å². The van der Waals surface area contributed by atoms with E-state index in [9.17, 15) is 0 Å². The van der Waals surface area contributed by atoms with E-state index >= 15 is 0 Å². The van der Waals surface area contributed by atoms with Gasteiger partial charge < -0.3 is 14.8 Å². The normalized spacial score (nSPS) is 11.0. The molecule has 0 aliphatic carbocycles. The highest BCUT2D eigenvalue weighted by Gasteiger charge is 1.98. The molecule has 20 heavy (non-hydrogen) atoms. The van der Waals surface area contributed by atoms with Gasteiger partial charge in [-0.3, -0.25) is 4.98 Å². The van der Waals surface area contributed by atoms with E-state index < -0.39 is 0 Å².